The molecule has 5 nitrogen and oxygen atoms in total. The fourth-order valence-electron chi connectivity index (χ4n) is 2.30. The Morgan fingerprint density at radius 2 is 2.20 bits per heavy atom. The highest BCUT2D eigenvalue weighted by molar-refractivity contribution is 7.99. The molecule has 0 bridgehead atoms. The van der Waals surface area contributed by atoms with E-state index in [1.54, 1.807) is 36.9 Å². The predicted octanol–water partition coefficient (Wildman–Crippen LogP) is 2.33. The van der Waals surface area contributed by atoms with Gasteiger partial charge >= 0.3 is 0 Å². The first-order valence-corrected chi connectivity index (χ1v) is 7.71. The van der Waals surface area contributed by atoms with E-state index in [9.17, 15) is 9.90 Å². The maximum Gasteiger partial charge on any atom is 0.256 e. The normalized spacial score (nSPS) is 18.1. The van der Waals surface area contributed by atoms with Gasteiger partial charge in [0, 0.05) is 18.7 Å². The number of amides is 1. The number of aryl methyl sites for hydroxylation is 1. The summed E-state index contributed by atoms with van der Waals surface area (Å²) in [6.07, 6.45) is 0.986. The van der Waals surface area contributed by atoms with Gasteiger partial charge in [0.2, 0.25) is 0 Å². The van der Waals surface area contributed by atoms with Gasteiger partial charge in [-0.3, -0.25) is 4.79 Å². The Morgan fingerprint density at radius 3 is 2.95 bits per heavy atom. The molecule has 2 heterocycles. The topological polar surface area (TPSA) is 75.4 Å². The zero-order valence-electron chi connectivity index (χ0n) is 11.2. The Labute approximate surface area is 120 Å². The van der Waals surface area contributed by atoms with Crippen LogP contribution in [0.1, 0.15) is 18.7 Å². The Morgan fingerprint density at radius 1 is 1.45 bits per heavy atom. The van der Waals surface area contributed by atoms with Crippen LogP contribution in [-0.2, 0) is 4.79 Å². The van der Waals surface area contributed by atoms with E-state index in [1.807, 2.05) is 0 Å². The van der Waals surface area contributed by atoms with Crippen molar-refractivity contribution in [3.63, 3.8) is 0 Å². The van der Waals surface area contributed by atoms with Crippen molar-refractivity contribution < 1.29 is 14.3 Å². The van der Waals surface area contributed by atoms with Gasteiger partial charge in [0.25, 0.3) is 5.91 Å². The summed E-state index contributed by atoms with van der Waals surface area (Å²) in [5, 5.41) is 13.1. The van der Waals surface area contributed by atoms with Gasteiger partial charge in [0.05, 0.1) is 0 Å². The number of rotatable bonds is 2. The van der Waals surface area contributed by atoms with Gasteiger partial charge in [0.1, 0.15) is 11.1 Å². The fourth-order valence-corrected chi connectivity index (χ4v) is 3.47. The van der Waals surface area contributed by atoms with Crippen LogP contribution in [0.5, 0.6) is 0 Å². The monoisotopic (exact) mass is 292 g/mol. The molecule has 20 heavy (non-hydrogen) atoms. The van der Waals surface area contributed by atoms with Gasteiger partial charge in [-0.2, -0.15) is 11.8 Å². The summed E-state index contributed by atoms with van der Waals surface area (Å²) in [5.74, 6) is 1.87. The lowest BCUT2D eigenvalue weighted by atomic mass is 9.95. The highest BCUT2D eigenvalue weighted by Gasteiger charge is 2.37. The van der Waals surface area contributed by atoms with Crippen molar-refractivity contribution in [3.8, 4) is 0 Å². The molecule has 1 aromatic carbocycles. The van der Waals surface area contributed by atoms with Crippen molar-refractivity contribution in [2.24, 2.45) is 0 Å². The molecule has 106 valence electrons. The van der Waals surface area contributed by atoms with Crippen molar-refractivity contribution in [1.82, 2.24) is 4.98 Å². The number of nitrogens with zero attached hydrogens (tertiary/aromatic N) is 1. The van der Waals surface area contributed by atoms with E-state index in [2.05, 4.69) is 10.3 Å². The molecule has 0 aliphatic carbocycles. The first-order chi connectivity index (χ1) is 9.57. The molecule has 1 fully saturated rings. The molecule has 0 unspecified atom stereocenters. The second-order valence-corrected chi connectivity index (χ2v) is 6.24. The number of hydrogen-bond donors (Lipinski definition) is 2. The molecular weight excluding hydrogens is 276 g/mol. The molecule has 3 rings (SSSR count). The smallest absolute Gasteiger partial charge is 0.256 e. The second kappa shape index (κ2) is 5.10. The number of carbonyl (C=O) groups is 1. The minimum absolute atomic E-state index is 0.339. The maximum absolute atomic E-state index is 12.2. The van der Waals surface area contributed by atoms with E-state index in [0.717, 1.165) is 17.0 Å². The van der Waals surface area contributed by atoms with Crippen LogP contribution >= 0.6 is 11.8 Å². The molecule has 2 N–H and O–H groups in total. The summed E-state index contributed by atoms with van der Waals surface area (Å²) < 4.78 is 5.43. The van der Waals surface area contributed by atoms with E-state index >= 15 is 0 Å². The van der Waals surface area contributed by atoms with Gasteiger partial charge in [-0.1, -0.05) is 0 Å². The van der Waals surface area contributed by atoms with Gasteiger partial charge in [0.15, 0.2) is 11.5 Å². The lowest BCUT2D eigenvalue weighted by molar-refractivity contribution is -0.134. The number of aromatic nitrogens is 1. The number of anilines is 1. The fraction of sp³-hybridized carbons (Fsp3) is 0.429. The predicted molar refractivity (Wildman–Crippen MR) is 78.9 cm³/mol. The van der Waals surface area contributed by atoms with Gasteiger partial charge in [-0.25, -0.2) is 4.98 Å². The van der Waals surface area contributed by atoms with Crippen LogP contribution in [0.15, 0.2) is 22.6 Å². The number of benzene rings is 1. The third kappa shape index (κ3) is 2.53. The van der Waals surface area contributed by atoms with Crippen molar-refractivity contribution in [2.75, 3.05) is 16.8 Å². The average Bonchev–Trinajstić information content (AvgIpc) is 2.79. The minimum atomic E-state index is -1.25. The molecule has 0 saturated carbocycles. The molecule has 1 saturated heterocycles. The van der Waals surface area contributed by atoms with E-state index < -0.39 is 5.60 Å². The molecule has 1 aliphatic rings. The number of fused-ring (bicyclic) bond motifs is 1. The van der Waals surface area contributed by atoms with Crippen molar-refractivity contribution in [1.29, 1.82) is 0 Å². The first-order valence-electron chi connectivity index (χ1n) is 6.56. The molecule has 6 heteroatoms. The number of carbonyl (C=O) groups excluding carboxylic acids is 1. The lowest BCUT2D eigenvalue weighted by Crippen LogP contribution is -2.45. The zero-order valence-corrected chi connectivity index (χ0v) is 12.0. The van der Waals surface area contributed by atoms with Crippen LogP contribution in [0.25, 0.3) is 11.1 Å². The summed E-state index contributed by atoms with van der Waals surface area (Å²) in [6.45, 7) is 1.78. The number of thioether (sulfide) groups is 1. The van der Waals surface area contributed by atoms with Gasteiger partial charge in [-0.05, 0) is 36.5 Å². The summed E-state index contributed by atoms with van der Waals surface area (Å²) in [5.41, 5.74) is 0.752. The van der Waals surface area contributed by atoms with Crippen molar-refractivity contribution >= 4 is 34.5 Å². The molecular formula is C14H16N2O3S. The Kier molecular flexibility index (Phi) is 3.43. The van der Waals surface area contributed by atoms with Crippen LogP contribution in [0.3, 0.4) is 0 Å². The third-order valence-corrected chi connectivity index (χ3v) is 4.48. The SMILES string of the molecule is Cc1nc2ccc(NC(=O)C3(O)CCSCC3)cc2o1. The van der Waals surface area contributed by atoms with Crippen molar-refractivity contribution in [2.45, 2.75) is 25.4 Å². The average molecular weight is 292 g/mol. The standard InChI is InChI=1S/C14H16N2O3S/c1-9-15-11-3-2-10(8-12(11)19-9)16-13(17)14(18)4-6-20-7-5-14/h2-3,8,18H,4-7H2,1H3,(H,16,17). The Hall–Kier alpha value is -1.53. The molecule has 1 amide bonds. The zero-order chi connectivity index (χ0) is 14.2. The molecule has 1 aromatic heterocycles. The van der Waals surface area contributed by atoms with E-state index in [1.165, 1.54) is 0 Å². The van der Waals surface area contributed by atoms with E-state index in [-0.39, 0.29) is 5.91 Å². The third-order valence-electron chi connectivity index (χ3n) is 3.50. The number of oxazole rings is 1. The molecule has 0 spiro atoms. The number of nitrogens with one attached hydrogen (secondary N) is 1. The van der Waals surface area contributed by atoms with Gasteiger partial charge in [-0.15, -0.1) is 0 Å². The van der Waals surface area contributed by atoms with Crippen LogP contribution in [0.4, 0.5) is 5.69 Å². The summed E-state index contributed by atoms with van der Waals surface area (Å²) in [7, 11) is 0. The summed E-state index contributed by atoms with van der Waals surface area (Å²) in [6, 6.07) is 5.29. The largest absolute Gasteiger partial charge is 0.441 e. The number of hydrogen-bond acceptors (Lipinski definition) is 5. The lowest BCUT2D eigenvalue weighted by Gasteiger charge is -2.30. The summed E-state index contributed by atoms with van der Waals surface area (Å²) >= 11 is 1.76. The number of aliphatic hydroxyl groups is 1. The van der Waals surface area contributed by atoms with E-state index in [4.69, 9.17) is 4.42 Å². The van der Waals surface area contributed by atoms with Crippen molar-refractivity contribution in [3.05, 3.63) is 24.1 Å². The van der Waals surface area contributed by atoms with E-state index in [0.29, 0.717) is 30.0 Å². The molecule has 2 aromatic rings. The van der Waals surface area contributed by atoms with Gasteiger partial charge < -0.3 is 14.8 Å². The molecule has 0 radical (unpaired) electrons. The highest BCUT2D eigenvalue weighted by Crippen LogP contribution is 2.28. The second-order valence-electron chi connectivity index (χ2n) is 5.01. The quantitative estimate of drug-likeness (QED) is 0.888. The first kappa shape index (κ1) is 13.5. The Balaban J connectivity index is 1.79. The highest BCUT2D eigenvalue weighted by atomic mass is 32.2. The maximum atomic E-state index is 12.2. The molecule has 0 atom stereocenters. The Bertz CT molecular complexity index is 647. The molecule has 1 aliphatic heterocycles. The minimum Gasteiger partial charge on any atom is -0.441 e. The van der Waals surface area contributed by atoms with Crippen LogP contribution in [0, 0.1) is 6.92 Å². The van der Waals surface area contributed by atoms with Crippen LogP contribution < -0.4 is 5.32 Å². The van der Waals surface area contributed by atoms with Crippen LogP contribution in [-0.4, -0.2) is 33.1 Å². The summed E-state index contributed by atoms with van der Waals surface area (Å²) in [4.78, 5) is 16.4. The van der Waals surface area contributed by atoms with Crippen LogP contribution in [0.2, 0.25) is 0 Å².